The van der Waals surface area contributed by atoms with E-state index in [9.17, 15) is 0 Å². The molecule has 1 aliphatic rings. The van der Waals surface area contributed by atoms with Gasteiger partial charge in [0.05, 0.1) is 0 Å². The molecule has 0 bridgehead atoms. The summed E-state index contributed by atoms with van der Waals surface area (Å²) in [7, 11) is 0. The molecule has 3 nitrogen and oxygen atoms in total. The van der Waals surface area contributed by atoms with E-state index in [1.807, 2.05) is 6.92 Å². The van der Waals surface area contributed by atoms with Crippen LogP contribution in [0.4, 0.5) is 0 Å². The van der Waals surface area contributed by atoms with Crippen molar-refractivity contribution in [3.8, 4) is 0 Å². The average Bonchev–Trinajstić information content (AvgIpc) is 2.03. The molecule has 0 aromatic rings. The minimum Gasteiger partial charge on any atom is -0.327 e. The Bertz CT molecular complexity index is 97.5. The largest absolute Gasteiger partial charge is 0.327 e. The highest BCUT2D eigenvalue weighted by Gasteiger charge is 2.08. The van der Waals surface area contributed by atoms with E-state index in [4.69, 9.17) is 5.73 Å². The lowest BCUT2D eigenvalue weighted by Crippen LogP contribution is -2.46. The molecule has 1 atom stereocenters. The van der Waals surface area contributed by atoms with Crippen molar-refractivity contribution in [3.05, 3.63) is 0 Å². The van der Waals surface area contributed by atoms with Gasteiger partial charge in [-0.05, 0) is 19.8 Å². The number of hydrogen-bond donors (Lipinski definition) is 2. The Kier molecular flexibility index (Phi) is 3.83. The Morgan fingerprint density at radius 2 is 2.00 bits per heavy atom. The van der Waals surface area contributed by atoms with Gasteiger partial charge in [-0.1, -0.05) is 6.42 Å². The van der Waals surface area contributed by atoms with Crippen molar-refractivity contribution in [2.24, 2.45) is 5.73 Å². The van der Waals surface area contributed by atoms with E-state index in [0.29, 0.717) is 0 Å². The number of piperidine rings is 1. The summed E-state index contributed by atoms with van der Waals surface area (Å²) >= 11 is 0. The standard InChI is InChI=1S/C8H19N3/c1-8(9)7-10-11-5-3-2-4-6-11/h8,10H,2-7,9H2,1H3. The number of nitrogens with one attached hydrogen (secondary N) is 1. The Labute approximate surface area is 68.9 Å². The first kappa shape index (κ1) is 8.97. The van der Waals surface area contributed by atoms with Crippen LogP contribution in [0.1, 0.15) is 26.2 Å². The molecule has 11 heavy (non-hydrogen) atoms. The van der Waals surface area contributed by atoms with Gasteiger partial charge in [0.15, 0.2) is 0 Å². The van der Waals surface area contributed by atoms with E-state index in [1.165, 1.54) is 32.4 Å². The SMILES string of the molecule is CC(N)CNN1CCCCC1. The molecule has 1 rings (SSSR count). The summed E-state index contributed by atoms with van der Waals surface area (Å²) in [5.41, 5.74) is 8.95. The van der Waals surface area contributed by atoms with Gasteiger partial charge in [0, 0.05) is 25.7 Å². The van der Waals surface area contributed by atoms with Crippen molar-refractivity contribution in [2.75, 3.05) is 19.6 Å². The maximum atomic E-state index is 5.62. The van der Waals surface area contributed by atoms with E-state index >= 15 is 0 Å². The first-order chi connectivity index (χ1) is 5.29. The average molecular weight is 157 g/mol. The molecule has 0 amide bonds. The zero-order chi connectivity index (χ0) is 8.10. The molecule has 0 spiro atoms. The molecular formula is C8H19N3. The van der Waals surface area contributed by atoms with E-state index < -0.39 is 0 Å². The third kappa shape index (κ3) is 3.70. The maximum Gasteiger partial charge on any atom is 0.0251 e. The third-order valence-corrected chi connectivity index (χ3v) is 1.99. The fourth-order valence-corrected chi connectivity index (χ4v) is 1.33. The van der Waals surface area contributed by atoms with Crippen LogP contribution in [-0.2, 0) is 0 Å². The lowest BCUT2D eigenvalue weighted by atomic mass is 10.2. The number of nitrogens with zero attached hydrogens (tertiary/aromatic N) is 1. The van der Waals surface area contributed by atoms with Crippen LogP contribution in [0, 0.1) is 0 Å². The highest BCUT2D eigenvalue weighted by atomic mass is 15.5. The van der Waals surface area contributed by atoms with Crippen LogP contribution in [0.25, 0.3) is 0 Å². The smallest absolute Gasteiger partial charge is 0.0251 e. The minimum atomic E-state index is 0.261. The quantitative estimate of drug-likeness (QED) is 0.620. The van der Waals surface area contributed by atoms with Gasteiger partial charge in [-0.25, -0.2) is 5.01 Å². The lowest BCUT2D eigenvalue weighted by Gasteiger charge is -2.27. The van der Waals surface area contributed by atoms with E-state index in [1.54, 1.807) is 0 Å². The molecule has 3 heteroatoms. The van der Waals surface area contributed by atoms with Gasteiger partial charge in [0.1, 0.15) is 0 Å². The van der Waals surface area contributed by atoms with Crippen LogP contribution >= 0.6 is 0 Å². The van der Waals surface area contributed by atoms with Gasteiger partial charge in [-0.15, -0.1) is 0 Å². The fraction of sp³-hybridized carbons (Fsp3) is 1.00. The molecule has 1 heterocycles. The van der Waals surface area contributed by atoms with E-state index in [0.717, 1.165) is 6.54 Å². The monoisotopic (exact) mass is 157 g/mol. The summed E-state index contributed by atoms with van der Waals surface area (Å²) in [4.78, 5) is 0. The predicted molar refractivity (Wildman–Crippen MR) is 47.1 cm³/mol. The summed E-state index contributed by atoms with van der Waals surface area (Å²) in [6.45, 7) is 5.30. The Morgan fingerprint density at radius 3 is 2.55 bits per heavy atom. The molecule has 1 saturated heterocycles. The topological polar surface area (TPSA) is 41.3 Å². The van der Waals surface area contributed by atoms with Gasteiger partial charge >= 0.3 is 0 Å². The van der Waals surface area contributed by atoms with Gasteiger partial charge < -0.3 is 5.73 Å². The predicted octanol–water partition coefficient (Wildman–Crippen LogP) is 0.324. The second kappa shape index (κ2) is 4.70. The zero-order valence-corrected chi connectivity index (χ0v) is 7.34. The van der Waals surface area contributed by atoms with Crippen molar-refractivity contribution >= 4 is 0 Å². The van der Waals surface area contributed by atoms with Gasteiger partial charge in [-0.3, -0.25) is 5.43 Å². The molecule has 0 aromatic heterocycles. The molecule has 0 saturated carbocycles. The van der Waals surface area contributed by atoms with Crippen molar-refractivity contribution in [1.82, 2.24) is 10.4 Å². The normalized spacial score (nSPS) is 23.5. The molecule has 3 N–H and O–H groups in total. The molecule has 1 unspecified atom stereocenters. The fourth-order valence-electron chi connectivity index (χ4n) is 1.33. The van der Waals surface area contributed by atoms with Crippen LogP contribution in [0.5, 0.6) is 0 Å². The number of rotatable bonds is 3. The molecule has 0 aromatic carbocycles. The van der Waals surface area contributed by atoms with E-state index in [2.05, 4.69) is 10.4 Å². The molecule has 1 fully saturated rings. The third-order valence-electron chi connectivity index (χ3n) is 1.99. The van der Waals surface area contributed by atoms with Crippen molar-refractivity contribution in [3.63, 3.8) is 0 Å². The maximum absolute atomic E-state index is 5.62. The molecule has 0 aliphatic carbocycles. The van der Waals surface area contributed by atoms with Crippen LogP contribution < -0.4 is 11.2 Å². The van der Waals surface area contributed by atoms with Crippen molar-refractivity contribution in [1.29, 1.82) is 0 Å². The Balaban J connectivity index is 2.05. The van der Waals surface area contributed by atoms with Crippen LogP contribution in [0.3, 0.4) is 0 Å². The second-order valence-corrected chi connectivity index (χ2v) is 3.39. The number of hydrazine groups is 1. The van der Waals surface area contributed by atoms with E-state index in [-0.39, 0.29) is 6.04 Å². The van der Waals surface area contributed by atoms with Crippen LogP contribution in [-0.4, -0.2) is 30.7 Å². The molecule has 1 aliphatic heterocycles. The molecule has 0 radical (unpaired) electrons. The minimum absolute atomic E-state index is 0.261. The summed E-state index contributed by atoms with van der Waals surface area (Å²) in [6.07, 6.45) is 4.04. The molecular weight excluding hydrogens is 138 g/mol. The summed E-state index contributed by atoms with van der Waals surface area (Å²) in [5.74, 6) is 0. The number of hydrogen-bond acceptors (Lipinski definition) is 3. The summed E-state index contributed by atoms with van der Waals surface area (Å²) in [5, 5.41) is 2.28. The van der Waals surface area contributed by atoms with Gasteiger partial charge in [-0.2, -0.15) is 0 Å². The Morgan fingerprint density at radius 1 is 1.36 bits per heavy atom. The van der Waals surface area contributed by atoms with Crippen LogP contribution in [0.15, 0.2) is 0 Å². The number of nitrogens with two attached hydrogens (primary N) is 1. The lowest BCUT2D eigenvalue weighted by molar-refractivity contribution is 0.152. The van der Waals surface area contributed by atoms with Crippen molar-refractivity contribution in [2.45, 2.75) is 32.2 Å². The first-order valence-electron chi connectivity index (χ1n) is 4.53. The van der Waals surface area contributed by atoms with Gasteiger partial charge in [0.25, 0.3) is 0 Å². The van der Waals surface area contributed by atoms with Crippen LogP contribution in [0.2, 0.25) is 0 Å². The molecule has 66 valence electrons. The highest BCUT2D eigenvalue weighted by molar-refractivity contribution is 4.62. The second-order valence-electron chi connectivity index (χ2n) is 3.39. The van der Waals surface area contributed by atoms with Crippen molar-refractivity contribution < 1.29 is 0 Å². The Hall–Kier alpha value is -0.120. The first-order valence-corrected chi connectivity index (χ1v) is 4.53. The van der Waals surface area contributed by atoms with Gasteiger partial charge in [0.2, 0.25) is 0 Å². The summed E-state index contributed by atoms with van der Waals surface area (Å²) < 4.78 is 0. The highest BCUT2D eigenvalue weighted by Crippen LogP contribution is 2.05. The zero-order valence-electron chi connectivity index (χ0n) is 7.34. The summed E-state index contributed by atoms with van der Waals surface area (Å²) in [6, 6.07) is 0.261.